The molecule has 3 saturated carbocycles. The van der Waals surface area contributed by atoms with E-state index in [9.17, 15) is 0 Å². The van der Waals surface area contributed by atoms with Crippen LogP contribution in [0.25, 0.3) is 10.9 Å². The zero-order chi connectivity index (χ0) is 59.9. The molecule has 1 aromatic carbocycles. The third-order valence-electron chi connectivity index (χ3n) is 19.9. The number of fused-ring (bicyclic) bond motifs is 6. The Labute approximate surface area is 503 Å². The average Bonchev–Trinajstić information content (AvgIpc) is 4.25. The van der Waals surface area contributed by atoms with Crippen molar-refractivity contribution >= 4 is 10.9 Å². The molecule has 0 spiro atoms. The number of likely N-dealkylation sites (tertiary alicyclic amines) is 6. The predicted molar refractivity (Wildman–Crippen MR) is 355 cm³/mol. The largest absolute Gasteiger partial charge is 0.314 e. The van der Waals surface area contributed by atoms with Gasteiger partial charge in [-0.3, -0.25) is 29.5 Å². The summed E-state index contributed by atoms with van der Waals surface area (Å²) < 4.78 is 0. The van der Waals surface area contributed by atoms with Crippen molar-refractivity contribution in [3.05, 3.63) is 42.1 Å². The van der Waals surface area contributed by atoms with Crippen molar-refractivity contribution in [3.8, 4) is 0 Å². The molecule has 7 saturated heterocycles. The minimum atomic E-state index is 0.363. The molecule has 9 heteroatoms. The first-order chi connectivity index (χ1) is 37.8. The van der Waals surface area contributed by atoms with Crippen LogP contribution in [0.2, 0.25) is 0 Å². The molecule has 81 heavy (non-hydrogen) atoms. The van der Waals surface area contributed by atoms with Gasteiger partial charge in [0, 0.05) is 116 Å². The summed E-state index contributed by atoms with van der Waals surface area (Å²) in [5.41, 5.74) is 4.49. The van der Waals surface area contributed by atoms with Gasteiger partial charge in [0.15, 0.2) is 0 Å². The lowest BCUT2D eigenvalue weighted by Gasteiger charge is -2.42. The Kier molecular flexibility index (Phi) is 27.5. The maximum Gasteiger partial charge on any atom is 0.0704 e. The summed E-state index contributed by atoms with van der Waals surface area (Å²) >= 11 is 0. The highest BCUT2D eigenvalue weighted by molar-refractivity contribution is 5.82. The van der Waals surface area contributed by atoms with Gasteiger partial charge in [-0.25, -0.2) is 0 Å². The number of pyridine rings is 1. The molecule has 0 radical (unpaired) electrons. The number of piperidine rings is 4. The van der Waals surface area contributed by atoms with E-state index in [0.29, 0.717) is 33.6 Å². The molecule has 468 valence electrons. The highest BCUT2D eigenvalue weighted by Crippen LogP contribution is 2.45. The first kappa shape index (κ1) is 70.1. The molecule has 2 aromatic rings. The van der Waals surface area contributed by atoms with Crippen LogP contribution in [0.3, 0.4) is 0 Å². The number of hydrogen-bond acceptors (Lipinski definition) is 9. The lowest BCUT2D eigenvalue weighted by Crippen LogP contribution is -2.51. The van der Waals surface area contributed by atoms with Crippen molar-refractivity contribution in [1.82, 2.24) is 44.6 Å². The first-order valence-corrected chi connectivity index (χ1v) is 34.1. The summed E-state index contributed by atoms with van der Waals surface area (Å²) in [6.45, 7) is 67.6. The molecule has 9 nitrogen and oxygen atoms in total. The van der Waals surface area contributed by atoms with Crippen molar-refractivity contribution in [2.45, 2.75) is 281 Å². The number of piperazine rings is 1. The summed E-state index contributed by atoms with van der Waals surface area (Å²) in [5, 5.41) is 4.62. The number of aromatic nitrogens is 1. The van der Waals surface area contributed by atoms with Gasteiger partial charge in [0.25, 0.3) is 0 Å². The van der Waals surface area contributed by atoms with Crippen LogP contribution in [-0.4, -0.2) is 183 Å². The number of benzene rings is 1. The predicted octanol–water partition coefficient (Wildman–Crippen LogP) is 15.4. The van der Waals surface area contributed by atoms with Crippen molar-refractivity contribution in [2.24, 2.45) is 29.6 Å². The minimum absolute atomic E-state index is 0.363. The fourth-order valence-corrected chi connectivity index (χ4v) is 14.1. The fourth-order valence-electron chi connectivity index (χ4n) is 14.1. The van der Waals surface area contributed by atoms with Crippen molar-refractivity contribution < 1.29 is 0 Å². The summed E-state index contributed by atoms with van der Waals surface area (Å²) in [5.74, 6) is 5.87. The topological polar surface area (TPSA) is 47.6 Å². The molecule has 10 aliphatic rings. The zero-order valence-electron chi connectivity index (χ0n) is 57.5. The third-order valence-corrected chi connectivity index (χ3v) is 19.9. The van der Waals surface area contributed by atoms with Crippen molar-refractivity contribution in [2.75, 3.05) is 98.2 Å². The first-order valence-electron chi connectivity index (χ1n) is 34.1. The van der Waals surface area contributed by atoms with Gasteiger partial charge >= 0.3 is 0 Å². The SMILES string of the molecule is CC(C)(C)N1CC2CCC(C2)C1.CC(C)(C)N1CC2CCC1C2.CC(C)(C)N1CCC1.CC(C)(C)N1CCCCC1.CC(C)(C)N1CCNCC1.CC(C)N1CC2CC2C1.CC(C)N1CCCC1.CC(C)c1cccc2ncccc12. The van der Waals surface area contributed by atoms with E-state index in [0.717, 1.165) is 66.3 Å². The van der Waals surface area contributed by atoms with Gasteiger partial charge in [0.1, 0.15) is 0 Å². The second kappa shape index (κ2) is 31.8. The second-order valence-corrected chi connectivity index (χ2v) is 32.6. The minimum Gasteiger partial charge on any atom is -0.314 e. The van der Waals surface area contributed by atoms with Gasteiger partial charge in [-0.1, -0.05) is 38.5 Å². The standard InChI is InChI=1S/C12H13N.C11H21N.C10H19N.C9H19N.C8H18N2.C8H15N.2C7H15N/c1-9(2)10-5-3-7-12-11(10)6-4-8-13-12;1-11(2,3)12-7-9-4-5-10(6-9)8-12;1-10(2,3)11-7-8-4-5-9(11)6-8;1-9(2,3)10-7-5-4-6-8-10;1-8(2,3)10-6-4-9-5-7-10;1-6(2)9-4-7-3-8(7)5-9;1-7(2,3)8-5-4-6-8;1-7(2)8-5-3-4-6-8/h3-9H,1-2H3;9-10H,4-8H2,1-3H3;8-9H,4-7H2,1-3H3;4-8H2,1-3H3;9H,4-7H2,1-3H3;6-8H,3-5H2,1-2H3;4-6H2,1-3H3;7H,3-6H2,1-2H3. The van der Waals surface area contributed by atoms with E-state index >= 15 is 0 Å². The van der Waals surface area contributed by atoms with Gasteiger partial charge in [-0.15, -0.1) is 0 Å². The molecule has 7 aliphatic heterocycles. The smallest absolute Gasteiger partial charge is 0.0704 e. The summed E-state index contributed by atoms with van der Waals surface area (Å²) in [4.78, 5) is 22.4. The Morgan fingerprint density at radius 3 is 1.26 bits per heavy atom. The van der Waals surface area contributed by atoms with E-state index in [1.807, 2.05) is 12.3 Å². The summed E-state index contributed by atoms with van der Waals surface area (Å²) in [6.07, 6.45) is 20.8. The molecule has 6 unspecified atom stereocenters. The van der Waals surface area contributed by atoms with Crippen LogP contribution in [0.5, 0.6) is 0 Å². The molecule has 3 aliphatic carbocycles. The maximum atomic E-state index is 4.32. The van der Waals surface area contributed by atoms with Crippen LogP contribution in [0.15, 0.2) is 36.5 Å². The molecule has 4 bridgehead atoms. The molecule has 8 heterocycles. The molecule has 12 rings (SSSR count). The average molecular weight is 1130 g/mol. The Morgan fingerprint density at radius 2 is 0.901 bits per heavy atom. The maximum absolute atomic E-state index is 4.32. The summed E-state index contributed by atoms with van der Waals surface area (Å²) in [7, 11) is 0. The van der Waals surface area contributed by atoms with Crippen LogP contribution in [0.4, 0.5) is 0 Å². The van der Waals surface area contributed by atoms with Gasteiger partial charge in [-0.05, 0) is 301 Å². The van der Waals surface area contributed by atoms with E-state index in [4.69, 9.17) is 0 Å². The lowest BCUT2D eigenvalue weighted by molar-refractivity contribution is 0.0690. The van der Waals surface area contributed by atoms with Crippen LogP contribution in [0.1, 0.15) is 240 Å². The van der Waals surface area contributed by atoms with Crippen LogP contribution >= 0.6 is 0 Å². The molecule has 1 N–H and O–H groups in total. The number of nitrogens with one attached hydrogen (secondary N) is 1. The van der Waals surface area contributed by atoms with E-state index < -0.39 is 0 Å². The molecule has 0 amide bonds. The highest BCUT2D eigenvalue weighted by Gasteiger charge is 2.45. The molecule has 10 fully saturated rings. The number of hydrogen-bond donors (Lipinski definition) is 1. The van der Waals surface area contributed by atoms with Crippen molar-refractivity contribution in [1.29, 1.82) is 0 Å². The zero-order valence-corrected chi connectivity index (χ0v) is 57.5. The highest BCUT2D eigenvalue weighted by atomic mass is 15.3. The normalized spacial score (nSPS) is 27.4. The Bertz CT molecular complexity index is 1970. The Morgan fingerprint density at radius 1 is 0.432 bits per heavy atom. The fraction of sp³-hybridized carbons (Fsp3) is 0.875. The van der Waals surface area contributed by atoms with E-state index in [1.54, 1.807) is 0 Å². The van der Waals surface area contributed by atoms with Crippen LogP contribution < -0.4 is 5.32 Å². The quantitative estimate of drug-likeness (QED) is 0.324. The molecule has 1 aromatic heterocycles. The van der Waals surface area contributed by atoms with E-state index in [2.05, 4.69) is 214 Å². The second-order valence-electron chi connectivity index (χ2n) is 32.6. The van der Waals surface area contributed by atoms with Crippen LogP contribution in [0, 0.1) is 29.6 Å². The molecular weight excluding hydrogens is 991 g/mol. The Hall–Kier alpha value is -1.69. The lowest BCUT2D eigenvalue weighted by atomic mass is 9.94. The summed E-state index contributed by atoms with van der Waals surface area (Å²) in [6, 6.07) is 12.9. The third kappa shape index (κ3) is 23.8. The van der Waals surface area contributed by atoms with Gasteiger partial charge < -0.3 is 15.1 Å². The Balaban J connectivity index is 0.000000171. The van der Waals surface area contributed by atoms with E-state index in [1.165, 1.54) is 180 Å². The van der Waals surface area contributed by atoms with Crippen LogP contribution in [-0.2, 0) is 0 Å². The number of rotatable bonds is 3. The van der Waals surface area contributed by atoms with Gasteiger partial charge in [0.2, 0.25) is 0 Å². The van der Waals surface area contributed by atoms with Gasteiger partial charge in [0.05, 0.1) is 5.52 Å². The number of nitrogens with zero attached hydrogens (tertiary/aromatic N) is 8. The molecule has 6 atom stereocenters. The monoisotopic (exact) mass is 1130 g/mol. The van der Waals surface area contributed by atoms with E-state index in [-0.39, 0.29) is 0 Å². The van der Waals surface area contributed by atoms with Crippen molar-refractivity contribution in [3.63, 3.8) is 0 Å². The van der Waals surface area contributed by atoms with Gasteiger partial charge in [-0.2, -0.15) is 0 Å². The molecular formula is C72H135N9.